The van der Waals surface area contributed by atoms with Crippen molar-refractivity contribution >= 4 is 13.0 Å². The van der Waals surface area contributed by atoms with E-state index in [0.29, 0.717) is 0 Å². The molecule has 4 heteroatoms. The van der Waals surface area contributed by atoms with Crippen molar-refractivity contribution in [3.05, 3.63) is 17.8 Å². The van der Waals surface area contributed by atoms with Gasteiger partial charge in [0.05, 0.1) is 0 Å². The van der Waals surface area contributed by atoms with Crippen LogP contribution in [-0.4, -0.2) is 13.0 Å². The number of carbonyl (C=O) groups excluding carboxylic acids is 1. The van der Waals surface area contributed by atoms with Crippen molar-refractivity contribution in [3.63, 3.8) is 0 Å². The molecule has 0 aliphatic heterocycles. The van der Waals surface area contributed by atoms with Gasteiger partial charge in [0.2, 0.25) is 0 Å². The first-order valence-corrected chi connectivity index (χ1v) is 2.14. The zero-order chi connectivity index (χ0) is 5.98. The molecule has 0 aliphatic carbocycles. The SMILES string of the molecule is NC(=O)c1ccbo1. The van der Waals surface area contributed by atoms with Gasteiger partial charge in [-0.25, -0.2) is 0 Å². The summed E-state index contributed by atoms with van der Waals surface area (Å²) in [6.07, 6.45) is 0. The van der Waals surface area contributed by atoms with Crippen molar-refractivity contribution in [2.45, 2.75) is 0 Å². The summed E-state index contributed by atoms with van der Waals surface area (Å²) in [5.41, 5.74) is 4.83. The second kappa shape index (κ2) is 1.82. The Morgan fingerprint density at radius 3 is 2.88 bits per heavy atom. The number of carbonyl (C=O) groups is 1. The first-order chi connectivity index (χ1) is 3.80. The molecule has 0 saturated heterocycles. The summed E-state index contributed by atoms with van der Waals surface area (Å²) in [5, 5.41) is 0. The summed E-state index contributed by atoms with van der Waals surface area (Å²) in [4.78, 5) is 10.2. The summed E-state index contributed by atoms with van der Waals surface area (Å²) in [7, 11) is 1.40. The van der Waals surface area contributed by atoms with E-state index in [1.54, 1.807) is 5.96 Å². The van der Waals surface area contributed by atoms with Gasteiger partial charge in [-0.05, 0) is 0 Å². The third-order valence-electron chi connectivity index (χ3n) is 0.764. The zero-order valence-corrected chi connectivity index (χ0v) is 4.13. The molecule has 0 radical (unpaired) electrons. The van der Waals surface area contributed by atoms with Crippen LogP contribution in [0.5, 0.6) is 0 Å². The van der Waals surface area contributed by atoms with Crippen LogP contribution in [-0.2, 0) is 0 Å². The molecule has 0 atom stereocenters. The minimum absolute atomic E-state index is 0.199. The summed E-state index contributed by atoms with van der Waals surface area (Å²) < 4.78 is 4.62. The van der Waals surface area contributed by atoms with E-state index in [1.165, 1.54) is 13.2 Å². The monoisotopic (exact) mass is 109 g/mol. The van der Waals surface area contributed by atoms with Crippen molar-refractivity contribution in [2.75, 3.05) is 0 Å². The van der Waals surface area contributed by atoms with Crippen LogP contribution >= 0.6 is 0 Å². The number of amides is 1. The van der Waals surface area contributed by atoms with Crippen LogP contribution in [0.15, 0.2) is 16.4 Å². The maximum atomic E-state index is 10.2. The van der Waals surface area contributed by atoms with Crippen molar-refractivity contribution in [1.29, 1.82) is 0 Å². The fourth-order valence-corrected chi connectivity index (χ4v) is 0.419. The molecule has 40 valence electrons. The number of primary amides is 1. The van der Waals surface area contributed by atoms with Crippen LogP contribution in [0.3, 0.4) is 0 Å². The second-order valence-corrected chi connectivity index (χ2v) is 1.34. The third kappa shape index (κ3) is 0.778. The van der Waals surface area contributed by atoms with Gasteiger partial charge in [0, 0.05) is 0 Å². The molecule has 1 amide bonds. The molecule has 1 heterocycles. The Morgan fingerprint density at radius 2 is 2.62 bits per heavy atom. The Kier molecular flexibility index (Phi) is 1.16. The van der Waals surface area contributed by atoms with E-state index in [4.69, 9.17) is 5.73 Å². The van der Waals surface area contributed by atoms with Gasteiger partial charge in [-0.3, -0.25) is 0 Å². The maximum absolute atomic E-state index is 10.2. The van der Waals surface area contributed by atoms with Gasteiger partial charge in [-0.15, -0.1) is 0 Å². The fraction of sp³-hybridized carbons (Fsp3) is 0. The summed E-state index contributed by atoms with van der Waals surface area (Å²) in [5.74, 6) is 1.28. The molecular weight excluding hydrogens is 105 g/mol. The Labute approximate surface area is 46.7 Å². The van der Waals surface area contributed by atoms with Gasteiger partial charge >= 0.3 is 45.7 Å². The Hall–Kier alpha value is -1.06. The van der Waals surface area contributed by atoms with Gasteiger partial charge in [-0.2, -0.15) is 0 Å². The molecular formula is C4H4BNO2. The van der Waals surface area contributed by atoms with Crippen molar-refractivity contribution in [1.82, 2.24) is 0 Å². The van der Waals surface area contributed by atoms with E-state index in [2.05, 4.69) is 4.33 Å². The molecule has 1 rings (SSSR count). The first-order valence-electron chi connectivity index (χ1n) is 2.14. The van der Waals surface area contributed by atoms with Crippen LogP contribution in [0.1, 0.15) is 10.6 Å². The molecule has 8 heavy (non-hydrogen) atoms. The molecule has 3 nitrogen and oxygen atoms in total. The van der Waals surface area contributed by atoms with E-state index >= 15 is 0 Å². The summed E-state index contributed by atoms with van der Waals surface area (Å²) in [6.45, 7) is 0. The van der Waals surface area contributed by atoms with Gasteiger partial charge in [0.25, 0.3) is 0 Å². The summed E-state index contributed by atoms with van der Waals surface area (Å²) in [6, 6.07) is 1.52. The summed E-state index contributed by atoms with van der Waals surface area (Å²) >= 11 is 0. The number of hydrogen-bond acceptors (Lipinski definition) is 2. The number of nitrogens with two attached hydrogens (primary N) is 1. The average molecular weight is 109 g/mol. The average Bonchev–Trinajstić information content (AvgIpc) is 2.12. The molecule has 1 aromatic rings. The topological polar surface area (TPSA) is 56.2 Å². The number of rotatable bonds is 1. The normalized spacial score (nSPS) is 8.50. The van der Waals surface area contributed by atoms with Gasteiger partial charge < -0.3 is 0 Å². The number of hydrogen-bond donors (Lipinski definition) is 1. The Bertz CT molecular complexity index is 182. The molecule has 0 aliphatic rings. The van der Waals surface area contributed by atoms with Gasteiger partial charge in [-0.1, -0.05) is 0 Å². The fourth-order valence-electron chi connectivity index (χ4n) is 0.419. The molecule has 0 aromatic carbocycles. The van der Waals surface area contributed by atoms with E-state index in [0.717, 1.165) is 0 Å². The molecule has 0 saturated carbocycles. The van der Waals surface area contributed by atoms with Crippen LogP contribution in [0, 0.1) is 0 Å². The molecule has 2 N–H and O–H groups in total. The van der Waals surface area contributed by atoms with Crippen molar-refractivity contribution < 1.29 is 9.13 Å². The van der Waals surface area contributed by atoms with E-state index in [1.807, 2.05) is 0 Å². The van der Waals surface area contributed by atoms with Crippen molar-refractivity contribution in [2.24, 2.45) is 5.73 Å². The molecule has 1 aromatic heterocycles. The Morgan fingerprint density at radius 1 is 1.88 bits per heavy atom. The quantitative estimate of drug-likeness (QED) is 0.538. The van der Waals surface area contributed by atoms with Crippen LogP contribution in [0.4, 0.5) is 0 Å². The predicted molar refractivity (Wildman–Crippen MR) is 28.6 cm³/mol. The van der Waals surface area contributed by atoms with Crippen molar-refractivity contribution in [3.8, 4) is 0 Å². The second-order valence-electron chi connectivity index (χ2n) is 1.34. The van der Waals surface area contributed by atoms with E-state index < -0.39 is 5.91 Å². The molecule has 0 bridgehead atoms. The Balaban J connectivity index is 2.93. The zero-order valence-electron chi connectivity index (χ0n) is 4.13. The third-order valence-corrected chi connectivity index (χ3v) is 0.764. The van der Waals surface area contributed by atoms with Crippen LogP contribution in [0.2, 0.25) is 0 Å². The molecule has 0 spiro atoms. The van der Waals surface area contributed by atoms with Gasteiger partial charge in [0.15, 0.2) is 0 Å². The van der Waals surface area contributed by atoms with Gasteiger partial charge in [0.1, 0.15) is 0 Å². The molecule has 0 unspecified atom stereocenters. The van der Waals surface area contributed by atoms with Crippen LogP contribution in [0.25, 0.3) is 0 Å². The molecule has 0 fully saturated rings. The first kappa shape index (κ1) is 5.09. The van der Waals surface area contributed by atoms with E-state index in [9.17, 15) is 4.79 Å². The van der Waals surface area contributed by atoms with E-state index in [-0.39, 0.29) is 5.76 Å². The van der Waals surface area contributed by atoms with Crippen LogP contribution < -0.4 is 5.73 Å². The minimum atomic E-state index is -0.532. The standard InChI is InChI=1S/C4H4BNO2/c6-4(7)3-1-2-5-8-3/h1-2H,(H2,6,7). The predicted octanol–water partition coefficient (Wildman–Crippen LogP) is -0.283.